The maximum absolute atomic E-state index is 11.9. The van der Waals surface area contributed by atoms with Gasteiger partial charge in [0.05, 0.1) is 7.05 Å². The summed E-state index contributed by atoms with van der Waals surface area (Å²) in [6, 6.07) is -0.562. The van der Waals surface area contributed by atoms with E-state index in [1.807, 2.05) is 60.8 Å². The third-order valence-electron chi connectivity index (χ3n) is 3.78. The molecule has 0 heterocycles. The van der Waals surface area contributed by atoms with E-state index in [0.29, 0.717) is 0 Å². The van der Waals surface area contributed by atoms with E-state index in [4.69, 9.17) is 14.6 Å². The molecule has 13 heteroatoms. The highest BCUT2D eigenvalue weighted by Crippen LogP contribution is 2.12. The quantitative estimate of drug-likeness (QED) is 0.493. The minimum atomic E-state index is -5.19. The Morgan fingerprint density at radius 3 is 1.42 bits per heavy atom. The molecule has 4 N–H and O–H groups in total. The second-order valence-electron chi connectivity index (χ2n) is 11.2. The van der Waals surface area contributed by atoms with Gasteiger partial charge in [0.1, 0.15) is 17.6 Å². The molecule has 10 nitrogen and oxygen atoms in total. The third-order valence-corrected chi connectivity index (χ3v) is 3.78. The summed E-state index contributed by atoms with van der Waals surface area (Å²) in [4.78, 5) is 45.0. The molecule has 0 unspecified atom stereocenters. The van der Waals surface area contributed by atoms with Gasteiger partial charge in [-0.15, -0.1) is 0 Å². The monoisotopic (exact) mass is 530 g/mol. The molecule has 0 rings (SSSR count). The Morgan fingerprint density at radius 2 is 1.17 bits per heavy atom. The lowest BCUT2D eigenvalue weighted by Gasteiger charge is -2.30. The molecule has 0 aliphatic carbocycles. The molecular formula is C23H45F3N4O6. The number of carbonyl (C=O) groups excluding carboxylic acids is 4. The number of likely N-dealkylation sites (N-methyl/N-ethyl adjacent to an activating group) is 2. The zero-order chi connectivity index (χ0) is 29.9. The fourth-order valence-corrected chi connectivity index (χ4v) is 1.78. The van der Waals surface area contributed by atoms with E-state index in [0.717, 1.165) is 0 Å². The topological polar surface area (TPSA) is 144 Å². The average molecular weight is 531 g/mol. The van der Waals surface area contributed by atoms with Crippen LogP contribution in [0.15, 0.2) is 0 Å². The van der Waals surface area contributed by atoms with E-state index in [-0.39, 0.29) is 28.9 Å². The van der Waals surface area contributed by atoms with Crippen molar-refractivity contribution in [3.05, 3.63) is 0 Å². The first kappa shape index (κ1) is 38.0. The molecule has 0 saturated heterocycles. The minimum Gasteiger partial charge on any atom is -0.542 e. The average Bonchev–Trinajstić information content (AvgIpc) is 2.62. The Balaban J connectivity index is -0.000000512. The summed E-state index contributed by atoms with van der Waals surface area (Å²) in [5.41, 5.74) is -1.000. The largest absolute Gasteiger partial charge is 0.542 e. The third kappa shape index (κ3) is 21.9. The van der Waals surface area contributed by atoms with Gasteiger partial charge < -0.3 is 30.6 Å². The standard InChI is InChI=1S/C13H26N2O3.C8H18N2O.C2HF3O2/c1-9(10(16)14-12(2,3)4)15(8)11(17)18-13(5,6)7;1-6(9-5)7(11)10-8(2,3)4;3-2(4,5)1(6)7/h9H,1-8H3,(H,14,16);6,9H,1-5H3,(H,10,11);(H,6,7)/t9-;6-;/m11./s1. The first-order valence-corrected chi connectivity index (χ1v) is 11.3. The summed E-state index contributed by atoms with van der Waals surface area (Å²) in [6.07, 6.45) is -5.70. The lowest BCUT2D eigenvalue weighted by molar-refractivity contribution is -0.646. The van der Waals surface area contributed by atoms with E-state index >= 15 is 0 Å². The van der Waals surface area contributed by atoms with Crippen molar-refractivity contribution >= 4 is 23.9 Å². The number of carboxylic acids is 1. The van der Waals surface area contributed by atoms with Gasteiger partial charge in [-0.1, -0.05) is 0 Å². The zero-order valence-corrected chi connectivity index (χ0v) is 23.8. The van der Waals surface area contributed by atoms with E-state index in [1.54, 1.807) is 34.7 Å². The van der Waals surface area contributed by atoms with Crippen molar-refractivity contribution in [2.45, 2.75) is 111 Å². The summed E-state index contributed by atoms with van der Waals surface area (Å²) in [6.45, 7) is 20.6. The second kappa shape index (κ2) is 14.9. The Bertz CT molecular complexity index is 691. The lowest BCUT2D eigenvalue weighted by Crippen LogP contribution is -2.88. The number of rotatable bonds is 4. The highest BCUT2D eigenvalue weighted by molar-refractivity contribution is 5.85. The SMILES string of the molecule is C[C@H](C(=O)NC(C)(C)C)N(C)C(=O)OC(C)(C)C.C[NH2+][C@H](C)C(=O)NC(C)(C)C.O=C([O-])C(F)(F)F. The fourth-order valence-electron chi connectivity index (χ4n) is 1.78. The van der Waals surface area contributed by atoms with Gasteiger partial charge >= 0.3 is 12.3 Å². The summed E-state index contributed by atoms with van der Waals surface area (Å²) in [7, 11) is 3.45. The van der Waals surface area contributed by atoms with Crippen LogP contribution in [0.4, 0.5) is 18.0 Å². The molecule has 2 atom stereocenters. The summed E-state index contributed by atoms with van der Waals surface area (Å²) >= 11 is 0. The van der Waals surface area contributed by atoms with Gasteiger partial charge in [0.2, 0.25) is 5.91 Å². The number of hydrogen-bond donors (Lipinski definition) is 3. The number of halogens is 3. The van der Waals surface area contributed by atoms with Gasteiger partial charge in [-0.3, -0.25) is 14.5 Å². The van der Waals surface area contributed by atoms with Crippen LogP contribution in [0, 0.1) is 0 Å². The molecule has 0 aromatic carbocycles. The smallest absolute Gasteiger partial charge is 0.430 e. The molecule has 0 fully saturated rings. The molecule has 214 valence electrons. The van der Waals surface area contributed by atoms with Crippen molar-refractivity contribution in [2.24, 2.45) is 0 Å². The Kier molecular flexibility index (Phi) is 15.7. The molecule has 0 spiro atoms. The van der Waals surface area contributed by atoms with Crippen LogP contribution < -0.4 is 21.1 Å². The van der Waals surface area contributed by atoms with E-state index in [2.05, 4.69) is 10.6 Å². The molecule has 0 saturated carbocycles. The molecule has 0 aliphatic rings. The van der Waals surface area contributed by atoms with Crippen molar-refractivity contribution in [3.8, 4) is 0 Å². The number of carbonyl (C=O) groups is 4. The fraction of sp³-hybridized carbons (Fsp3) is 0.826. The zero-order valence-electron chi connectivity index (χ0n) is 23.8. The van der Waals surface area contributed by atoms with Crippen LogP contribution >= 0.6 is 0 Å². The van der Waals surface area contributed by atoms with Crippen molar-refractivity contribution in [1.82, 2.24) is 15.5 Å². The molecule has 3 amide bonds. The maximum atomic E-state index is 11.9. The van der Waals surface area contributed by atoms with Gasteiger partial charge in [0.15, 0.2) is 6.04 Å². The number of nitrogens with zero attached hydrogens (tertiary/aromatic N) is 1. The maximum Gasteiger partial charge on any atom is 0.430 e. The second-order valence-corrected chi connectivity index (χ2v) is 11.2. The molecule has 0 aliphatic heterocycles. The van der Waals surface area contributed by atoms with Crippen LogP contribution in [0.1, 0.15) is 76.2 Å². The summed E-state index contributed by atoms with van der Waals surface area (Å²) < 4.78 is 36.8. The predicted octanol–water partition coefficient (Wildman–Crippen LogP) is 0.938. The first-order valence-electron chi connectivity index (χ1n) is 11.3. The highest BCUT2D eigenvalue weighted by Gasteiger charge is 2.29. The highest BCUT2D eigenvalue weighted by atomic mass is 19.4. The first-order chi connectivity index (χ1) is 15.6. The van der Waals surface area contributed by atoms with Crippen molar-refractivity contribution in [2.75, 3.05) is 14.1 Å². The van der Waals surface area contributed by atoms with E-state index < -0.39 is 29.9 Å². The normalized spacial score (nSPS) is 13.4. The summed E-state index contributed by atoms with van der Waals surface area (Å²) in [5.74, 6) is -3.11. The number of ether oxygens (including phenoxy) is 1. The molecular weight excluding hydrogens is 485 g/mol. The molecule has 0 aromatic heterocycles. The Morgan fingerprint density at radius 1 is 0.833 bits per heavy atom. The Hall–Kier alpha value is -2.57. The molecule has 0 radical (unpaired) electrons. The van der Waals surface area contributed by atoms with Crippen molar-refractivity contribution in [3.63, 3.8) is 0 Å². The van der Waals surface area contributed by atoms with Crippen LogP contribution in [-0.4, -0.2) is 77.8 Å². The molecule has 0 aromatic rings. The van der Waals surface area contributed by atoms with Crippen LogP contribution in [0.3, 0.4) is 0 Å². The van der Waals surface area contributed by atoms with Crippen LogP contribution in [0.5, 0.6) is 0 Å². The molecule has 36 heavy (non-hydrogen) atoms. The number of nitrogens with two attached hydrogens (primary N) is 1. The van der Waals surface area contributed by atoms with Crippen molar-refractivity contribution < 1.29 is 47.5 Å². The van der Waals surface area contributed by atoms with Gasteiger partial charge in [-0.05, 0) is 76.2 Å². The molecule has 0 bridgehead atoms. The number of alkyl halides is 3. The number of aliphatic carboxylic acids is 1. The van der Waals surface area contributed by atoms with Gasteiger partial charge in [-0.25, -0.2) is 4.79 Å². The van der Waals surface area contributed by atoms with Crippen LogP contribution in [-0.2, 0) is 19.1 Å². The van der Waals surface area contributed by atoms with E-state index in [1.165, 1.54) is 4.90 Å². The van der Waals surface area contributed by atoms with Gasteiger partial charge in [-0.2, -0.15) is 13.2 Å². The van der Waals surface area contributed by atoms with Crippen LogP contribution in [0.2, 0.25) is 0 Å². The lowest BCUT2D eigenvalue weighted by atomic mass is 10.1. The van der Waals surface area contributed by atoms with Crippen molar-refractivity contribution in [1.29, 1.82) is 0 Å². The number of nitrogens with one attached hydrogen (secondary N) is 2. The van der Waals surface area contributed by atoms with Gasteiger partial charge in [0.25, 0.3) is 5.91 Å². The number of quaternary nitrogens is 1. The van der Waals surface area contributed by atoms with Gasteiger partial charge in [0, 0.05) is 18.1 Å². The number of amides is 3. The number of hydrogen-bond acceptors (Lipinski definition) is 6. The minimum absolute atomic E-state index is 0.00854. The predicted molar refractivity (Wildman–Crippen MR) is 128 cm³/mol. The Labute approximate surface area is 212 Å². The van der Waals surface area contributed by atoms with Crippen LogP contribution in [0.25, 0.3) is 0 Å². The van der Waals surface area contributed by atoms with E-state index in [9.17, 15) is 27.6 Å². The summed E-state index contributed by atoms with van der Waals surface area (Å²) in [5, 5.41) is 16.4. The number of carboxylic acid groups (broad SMARTS) is 1.